The lowest BCUT2D eigenvalue weighted by Gasteiger charge is -2.63. The van der Waals surface area contributed by atoms with Crippen LogP contribution in [0, 0.1) is 28.6 Å². The van der Waals surface area contributed by atoms with Crippen molar-refractivity contribution in [2.75, 3.05) is 6.61 Å². The van der Waals surface area contributed by atoms with Crippen molar-refractivity contribution in [1.82, 2.24) is 9.78 Å². The van der Waals surface area contributed by atoms with Crippen LogP contribution in [0.5, 0.6) is 0 Å². The summed E-state index contributed by atoms with van der Waals surface area (Å²) in [6.07, 6.45) is 4.85. The topological polar surface area (TPSA) is 108 Å². The average molecular weight is 559 g/mol. The molecule has 8 nitrogen and oxygen atoms in total. The zero-order chi connectivity index (χ0) is 29.3. The zero-order valence-corrected chi connectivity index (χ0v) is 24.6. The van der Waals surface area contributed by atoms with Gasteiger partial charge in [0, 0.05) is 48.2 Å². The molecule has 0 radical (unpaired) electrons. The number of hydrogen-bond donors (Lipinski definition) is 1. The van der Waals surface area contributed by atoms with E-state index < -0.39 is 64.4 Å². The largest absolute Gasteiger partial charge is 0.457 e. The third-order valence-electron chi connectivity index (χ3n) is 11.1. The van der Waals surface area contributed by atoms with Crippen molar-refractivity contribution in [3.8, 4) is 0 Å². The molecule has 0 aliphatic heterocycles. The lowest BCUT2D eigenvalue weighted by atomic mass is 9.43. The van der Waals surface area contributed by atoms with Crippen LogP contribution in [0.2, 0.25) is 0 Å². The van der Waals surface area contributed by atoms with E-state index in [0.717, 1.165) is 23.4 Å². The van der Waals surface area contributed by atoms with E-state index in [1.807, 2.05) is 44.6 Å². The molecule has 4 aliphatic rings. The standard InChI is InChI=1S/C31H43FN2O6/c1-7-26(37)39-17-25(36)31(40-27(38)8-2)18(4)12-22-21-11-10-20-13-23-19(16-34(9-3)33-23)14-28(20,5)30(21,32)24(35)15-29(22,31)6/h13,16,18,21-22,24,35H,7-12,14-15,17H2,1-6H3/t18-,21-,22-,24-,28-,29-,30-,31?/m0/s1. The molecule has 3 fully saturated rings. The minimum atomic E-state index is -1.93. The first-order valence-corrected chi connectivity index (χ1v) is 14.9. The third kappa shape index (κ3) is 3.71. The second kappa shape index (κ2) is 9.78. The van der Waals surface area contributed by atoms with E-state index in [1.165, 1.54) is 0 Å². The van der Waals surface area contributed by atoms with Gasteiger partial charge < -0.3 is 14.6 Å². The summed E-state index contributed by atoms with van der Waals surface area (Å²) >= 11 is 0. The fourth-order valence-corrected chi connectivity index (χ4v) is 9.07. The van der Waals surface area contributed by atoms with Crippen molar-refractivity contribution in [3.05, 3.63) is 23.0 Å². The summed E-state index contributed by atoms with van der Waals surface area (Å²) in [5.74, 6) is -2.85. The average Bonchev–Trinajstić information content (AvgIpc) is 3.41. The number of esters is 2. The molecule has 1 aromatic rings. The van der Waals surface area contributed by atoms with E-state index in [2.05, 4.69) is 5.10 Å². The van der Waals surface area contributed by atoms with Crippen LogP contribution in [0.25, 0.3) is 6.08 Å². The van der Waals surface area contributed by atoms with E-state index in [4.69, 9.17) is 9.47 Å². The lowest BCUT2D eigenvalue weighted by Crippen LogP contribution is -2.70. The summed E-state index contributed by atoms with van der Waals surface area (Å²) in [5, 5.41) is 16.5. The number of carbonyl (C=O) groups is 3. The number of nitrogens with zero attached hydrogens (tertiary/aromatic N) is 2. The number of aliphatic hydroxyl groups is 1. The Bertz CT molecular complexity index is 1260. The van der Waals surface area contributed by atoms with Gasteiger partial charge in [-0.3, -0.25) is 19.1 Å². The number of alkyl halides is 1. The highest BCUT2D eigenvalue weighted by molar-refractivity contribution is 5.93. The Morgan fingerprint density at radius 3 is 2.50 bits per heavy atom. The van der Waals surface area contributed by atoms with Gasteiger partial charge in [0.25, 0.3) is 0 Å². The van der Waals surface area contributed by atoms with Crippen LogP contribution in [0.4, 0.5) is 4.39 Å². The van der Waals surface area contributed by atoms with Gasteiger partial charge in [-0.2, -0.15) is 5.10 Å². The first-order valence-electron chi connectivity index (χ1n) is 14.9. The molecule has 9 heteroatoms. The van der Waals surface area contributed by atoms with Gasteiger partial charge in [0.1, 0.15) is 5.67 Å². The Labute approximate surface area is 235 Å². The number of ketones is 1. The number of allylic oxidation sites excluding steroid dienone is 1. The van der Waals surface area contributed by atoms with Gasteiger partial charge in [0.2, 0.25) is 5.78 Å². The monoisotopic (exact) mass is 558 g/mol. The predicted molar refractivity (Wildman–Crippen MR) is 146 cm³/mol. The van der Waals surface area contributed by atoms with Gasteiger partial charge in [-0.25, -0.2) is 4.39 Å². The molecule has 1 aromatic heterocycles. The summed E-state index contributed by atoms with van der Waals surface area (Å²) in [7, 11) is 0. The highest BCUT2D eigenvalue weighted by atomic mass is 19.1. The van der Waals surface area contributed by atoms with Crippen molar-refractivity contribution in [3.63, 3.8) is 0 Å². The molecule has 220 valence electrons. The number of rotatable bonds is 7. The number of ether oxygens (including phenoxy) is 2. The van der Waals surface area contributed by atoms with Crippen molar-refractivity contribution >= 4 is 23.8 Å². The maximum absolute atomic E-state index is 18.0. The van der Waals surface area contributed by atoms with E-state index in [9.17, 15) is 19.5 Å². The van der Waals surface area contributed by atoms with Gasteiger partial charge in [-0.1, -0.05) is 40.2 Å². The maximum atomic E-state index is 18.0. The van der Waals surface area contributed by atoms with Gasteiger partial charge in [-0.05, 0) is 56.6 Å². The van der Waals surface area contributed by atoms with Crippen molar-refractivity contribution in [1.29, 1.82) is 0 Å². The first-order chi connectivity index (χ1) is 18.8. The van der Waals surface area contributed by atoms with Gasteiger partial charge in [0.15, 0.2) is 12.2 Å². The van der Waals surface area contributed by atoms with Gasteiger partial charge in [-0.15, -0.1) is 0 Å². The minimum Gasteiger partial charge on any atom is -0.457 e. The van der Waals surface area contributed by atoms with Crippen LogP contribution >= 0.6 is 0 Å². The Kier molecular flexibility index (Phi) is 7.08. The second-order valence-corrected chi connectivity index (χ2v) is 12.9. The zero-order valence-electron chi connectivity index (χ0n) is 24.6. The fraction of sp³-hybridized carbons (Fsp3) is 0.742. The molecule has 0 amide bonds. The lowest BCUT2D eigenvalue weighted by molar-refractivity contribution is -0.234. The molecule has 0 saturated heterocycles. The molecular weight excluding hydrogens is 515 g/mol. The van der Waals surface area contributed by atoms with Crippen LogP contribution in [-0.4, -0.2) is 56.6 Å². The Hall–Kier alpha value is -2.55. The smallest absolute Gasteiger partial charge is 0.306 e. The molecule has 40 heavy (non-hydrogen) atoms. The Morgan fingerprint density at radius 2 is 1.85 bits per heavy atom. The number of fused-ring (bicyclic) bond motifs is 6. The van der Waals surface area contributed by atoms with Crippen LogP contribution in [0.1, 0.15) is 91.3 Å². The van der Waals surface area contributed by atoms with Crippen molar-refractivity contribution in [2.45, 2.75) is 110 Å². The molecule has 0 bridgehead atoms. The summed E-state index contributed by atoms with van der Waals surface area (Å²) in [6.45, 7) is 11.2. The number of hydrogen-bond acceptors (Lipinski definition) is 7. The molecule has 5 rings (SSSR count). The second-order valence-electron chi connectivity index (χ2n) is 12.9. The van der Waals surface area contributed by atoms with Crippen molar-refractivity contribution in [2.24, 2.45) is 28.6 Å². The number of aryl methyl sites for hydroxylation is 1. The minimum absolute atomic E-state index is 0.0383. The molecule has 1 heterocycles. The number of Topliss-reactive ketones (excluding diaryl/α,β-unsaturated/α-hetero) is 1. The molecule has 0 spiro atoms. The van der Waals surface area contributed by atoms with E-state index >= 15 is 4.39 Å². The van der Waals surface area contributed by atoms with Crippen LogP contribution in [0.3, 0.4) is 0 Å². The number of halogens is 1. The highest BCUT2D eigenvalue weighted by Gasteiger charge is 2.77. The molecule has 8 atom stereocenters. The molecule has 0 aromatic carbocycles. The summed E-state index contributed by atoms with van der Waals surface area (Å²) < 4.78 is 31.1. The quantitative estimate of drug-likeness (QED) is 0.487. The van der Waals surface area contributed by atoms with E-state index in [0.29, 0.717) is 25.7 Å². The SMILES string of the molecule is CCC(=O)OCC(=O)C1(OC(=O)CC)[C@@H](C)C[C@H]2[C@@H]3CCC4=Cc5nn(CC)cc5C[C@]4(C)[C@@]3(F)[C@@H](O)C[C@@]21C. The predicted octanol–water partition coefficient (Wildman–Crippen LogP) is 4.61. The Balaban J connectivity index is 1.57. The number of aromatic nitrogens is 2. The molecular formula is C31H43FN2O6. The normalized spacial score (nSPS) is 39.8. The highest BCUT2D eigenvalue weighted by Crippen LogP contribution is 2.72. The summed E-state index contributed by atoms with van der Waals surface area (Å²) in [4.78, 5) is 38.7. The fourth-order valence-electron chi connectivity index (χ4n) is 9.07. The van der Waals surface area contributed by atoms with Gasteiger partial charge >= 0.3 is 11.9 Å². The number of aliphatic hydroxyl groups excluding tert-OH is 1. The van der Waals surface area contributed by atoms with Crippen molar-refractivity contribution < 1.29 is 33.4 Å². The molecule has 1 unspecified atom stereocenters. The molecule has 4 aliphatic carbocycles. The first kappa shape index (κ1) is 29.0. The maximum Gasteiger partial charge on any atom is 0.306 e. The summed E-state index contributed by atoms with van der Waals surface area (Å²) in [6, 6.07) is 0. The third-order valence-corrected chi connectivity index (χ3v) is 11.1. The molecule has 3 saturated carbocycles. The van der Waals surface area contributed by atoms with Crippen LogP contribution in [-0.2, 0) is 36.8 Å². The summed E-state index contributed by atoms with van der Waals surface area (Å²) in [5.41, 5.74) is -2.70. The number of carbonyl (C=O) groups excluding carboxylic acids is 3. The van der Waals surface area contributed by atoms with E-state index in [-0.39, 0.29) is 25.2 Å². The van der Waals surface area contributed by atoms with E-state index in [1.54, 1.807) is 13.8 Å². The van der Waals surface area contributed by atoms with Crippen LogP contribution in [0.15, 0.2) is 11.8 Å². The molecule has 1 N–H and O–H groups in total. The van der Waals surface area contributed by atoms with Crippen LogP contribution < -0.4 is 0 Å². The Morgan fingerprint density at radius 1 is 1.15 bits per heavy atom. The van der Waals surface area contributed by atoms with Gasteiger partial charge in [0.05, 0.1) is 11.8 Å².